The van der Waals surface area contributed by atoms with E-state index in [4.69, 9.17) is 14.2 Å². The van der Waals surface area contributed by atoms with Gasteiger partial charge in [0.1, 0.15) is 0 Å². The number of aromatic nitrogens is 1. The lowest BCUT2D eigenvalue weighted by Crippen LogP contribution is -2.40. The van der Waals surface area contributed by atoms with Gasteiger partial charge in [-0.25, -0.2) is 0 Å². The lowest BCUT2D eigenvalue weighted by atomic mass is 9.82. The first-order chi connectivity index (χ1) is 12.3. The fourth-order valence-electron chi connectivity index (χ4n) is 4.26. The minimum Gasteiger partial charge on any atom is -0.381 e. The average Bonchev–Trinajstić information content (AvgIpc) is 3.20. The van der Waals surface area contributed by atoms with Crippen molar-refractivity contribution in [3.8, 4) is 0 Å². The van der Waals surface area contributed by atoms with E-state index >= 15 is 0 Å². The fraction of sp³-hybridized carbons (Fsp3) is 0.684. The van der Waals surface area contributed by atoms with Crippen LogP contribution in [0, 0.1) is 17.3 Å². The summed E-state index contributed by atoms with van der Waals surface area (Å²) in [5.74, 6) is 0.802. The molecule has 0 aromatic carbocycles. The largest absolute Gasteiger partial charge is 0.381 e. The number of hydrogen-bond acceptors (Lipinski definition) is 5. The van der Waals surface area contributed by atoms with E-state index in [1.165, 1.54) is 0 Å². The maximum absolute atomic E-state index is 12.8. The van der Waals surface area contributed by atoms with Crippen molar-refractivity contribution in [2.75, 3.05) is 46.1 Å². The van der Waals surface area contributed by atoms with Crippen LogP contribution in [0.25, 0.3) is 0 Å². The smallest absolute Gasteiger partial charge is 0.225 e. The average molecular weight is 346 g/mol. The molecule has 1 aromatic rings. The first-order valence-electron chi connectivity index (χ1n) is 9.18. The normalized spacial score (nSPS) is 29.8. The van der Waals surface area contributed by atoms with Gasteiger partial charge in [-0.2, -0.15) is 0 Å². The van der Waals surface area contributed by atoms with E-state index < -0.39 is 0 Å². The highest BCUT2D eigenvalue weighted by atomic mass is 16.5. The van der Waals surface area contributed by atoms with E-state index in [1.807, 2.05) is 18.3 Å². The maximum Gasteiger partial charge on any atom is 0.225 e. The molecular weight excluding hydrogens is 320 g/mol. The molecule has 0 N–H and O–H groups in total. The van der Waals surface area contributed by atoms with Crippen LogP contribution in [0.15, 0.2) is 24.5 Å². The molecule has 3 saturated heterocycles. The first-order valence-corrected chi connectivity index (χ1v) is 9.18. The van der Waals surface area contributed by atoms with E-state index in [9.17, 15) is 4.79 Å². The predicted molar refractivity (Wildman–Crippen MR) is 90.8 cm³/mol. The molecule has 6 heteroatoms. The molecule has 2 atom stereocenters. The van der Waals surface area contributed by atoms with Crippen LogP contribution >= 0.6 is 0 Å². The molecule has 3 aliphatic rings. The molecule has 3 aliphatic heterocycles. The summed E-state index contributed by atoms with van der Waals surface area (Å²) in [5.41, 5.74) is 1.02. The number of carbonyl (C=O) groups excluding carboxylic acids is 1. The number of carbonyl (C=O) groups is 1. The molecule has 0 bridgehead atoms. The SMILES string of the molecule is O=C(C1CCOCC1)N1C[C@H]2COC[C@@]2(COCc2cccnc2)C1. The van der Waals surface area contributed by atoms with Gasteiger partial charge in [-0.3, -0.25) is 9.78 Å². The molecule has 0 saturated carbocycles. The quantitative estimate of drug-likeness (QED) is 0.809. The van der Waals surface area contributed by atoms with Crippen LogP contribution in [0.2, 0.25) is 0 Å². The number of hydrogen-bond donors (Lipinski definition) is 0. The number of amides is 1. The van der Waals surface area contributed by atoms with Gasteiger partial charge in [-0.15, -0.1) is 0 Å². The predicted octanol–water partition coefficient (Wildman–Crippen LogP) is 1.50. The van der Waals surface area contributed by atoms with Crippen LogP contribution in [0.1, 0.15) is 18.4 Å². The van der Waals surface area contributed by atoms with Gasteiger partial charge in [0, 0.05) is 55.9 Å². The first kappa shape index (κ1) is 16.9. The summed E-state index contributed by atoms with van der Waals surface area (Å²) in [7, 11) is 0. The van der Waals surface area contributed by atoms with E-state index in [-0.39, 0.29) is 11.3 Å². The Labute approximate surface area is 148 Å². The summed E-state index contributed by atoms with van der Waals surface area (Å²) >= 11 is 0. The van der Waals surface area contributed by atoms with Crippen molar-refractivity contribution in [2.45, 2.75) is 19.4 Å². The molecule has 0 aliphatic carbocycles. The van der Waals surface area contributed by atoms with Crippen molar-refractivity contribution in [3.05, 3.63) is 30.1 Å². The second-order valence-electron chi connectivity index (χ2n) is 7.53. The lowest BCUT2D eigenvalue weighted by molar-refractivity contribution is -0.138. The third-order valence-electron chi connectivity index (χ3n) is 5.78. The highest BCUT2D eigenvalue weighted by Gasteiger charge is 2.52. The molecule has 0 spiro atoms. The van der Waals surface area contributed by atoms with Gasteiger partial charge in [-0.1, -0.05) is 6.07 Å². The maximum atomic E-state index is 12.8. The second-order valence-corrected chi connectivity index (χ2v) is 7.53. The highest BCUT2D eigenvalue weighted by molar-refractivity contribution is 5.79. The van der Waals surface area contributed by atoms with Crippen LogP contribution in [0.4, 0.5) is 0 Å². The summed E-state index contributed by atoms with van der Waals surface area (Å²) in [5, 5.41) is 0. The fourth-order valence-corrected chi connectivity index (χ4v) is 4.26. The summed E-state index contributed by atoms with van der Waals surface area (Å²) in [6.07, 6.45) is 5.29. The van der Waals surface area contributed by atoms with Crippen molar-refractivity contribution in [1.82, 2.24) is 9.88 Å². The zero-order valence-corrected chi connectivity index (χ0v) is 14.6. The van der Waals surface area contributed by atoms with E-state index in [0.29, 0.717) is 44.9 Å². The standard InChI is InChI=1S/C19H26N2O4/c22-18(16-3-6-23-7-4-16)21-9-17-11-25-14-19(17,12-21)13-24-10-15-2-1-5-20-8-15/h1-2,5,8,16-17H,3-4,6-7,9-14H2/t17-,19-/m0/s1. The third kappa shape index (κ3) is 3.57. The van der Waals surface area contributed by atoms with Crippen LogP contribution in [-0.2, 0) is 25.6 Å². The monoisotopic (exact) mass is 346 g/mol. The van der Waals surface area contributed by atoms with Crippen LogP contribution in [-0.4, -0.2) is 61.9 Å². The van der Waals surface area contributed by atoms with Gasteiger partial charge >= 0.3 is 0 Å². The second kappa shape index (κ2) is 7.40. The molecule has 4 heterocycles. The van der Waals surface area contributed by atoms with Crippen molar-refractivity contribution >= 4 is 5.91 Å². The zero-order valence-electron chi connectivity index (χ0n) is 14.6. The number of nitrogens with zero attached hydrogens (tertiary/aromatic N) is 2. The highest BCUT2D eigenvalue weighted by Crippen LogP contribution is 2.42. The Morgan fingerprint density at radius 3 is 3.04 bits per heavy atom. The van der Waals surface area contributed by atoms with Crippen molar-refractivity contribution in [2.24, 2.45) is 17.3 Å². The Bertz CT molecular complexity index is 590. The number of ether oxygens (including phenoxy) is 3. The van der Waals surface area contributed by atoms with Crippen molar-refractivity contribution in [3.63, 3.8) is 0 Å². The van der Waals surface area contributed by atoms with Gasteiger partial charge < -0.3 is 19.1 Å². The lowest BCUT2D eigenvalue weighted by Gasteiger charge is -2.29. The summed E-state index contributed by atoms with van der Waals surface area (Å²) in [6.45, 7) is 5.55. The van der Waals surface area contributed by atoms with Gasteiger partial charge in [-0.05, 0) is 24.5 Å². The summed E-state index contributed by atoms with van der Waals surface area (Å²) < 4.78 is 17.1. The molecule has 6 nitrogen and oxygen atoms in total. The molecule has 1 amide bonds. The molecule has 136 valence electrons. The third-order valence-corrected chi connectivity index (χ3v) is 5.78. The molecule has 0 radical (unpaired) electrons. The number of rotatable bonds is 5. The molecule has 1 aromatic heterocycles. The zero-order chi connectivity index (χ0) is 17.1. The minimum absolute atomic E-state index is 0.0525. The van der Waals surface area contributed by atoms with Crippen molar-refractivity contribution in [1.29, 1.82) is 0 Å². The number of likely N-dealkylation sites (tertiary alicyclic amines) is 1. The van der Waals surface area contributed by atoms with Gasteiger partial charge in [0.15, 0.2) is 0 Å². The van der Waals surface area contributed by atoms with Crippen molar-refractivity contribution < 1.29 is 19.0 Å². The Hall–Kier alpha value is -1.50. The van der Waals surface area contributed by atoms with Gasteiger partial charge in [0.2, 0.25) is 5.91 Å². The molecule has 25 heavy (non-hydrogen) atoms. The number of pyridine rings is 1. The molecule has 4 rings (SSSR count). The Balaban J connectivity index is 1.36. The Kier molecular flexibility index (Phi) is 5.01. The van der Waals surface area contributed by atoms with Crippen LogP contribution in [0.3, 0.4) is 0 Å². The number of fused-ring (bicyclic) bond motifs is 1. The van der Waals surface area contributed by atoms with E-state index in [1.54, 1.807) is 6.20 Å². The summed E-state index contributed by atoms with van der Waals surface area (Å²) in [4.78, 5) is 19.0. The molecule has 3 fully saturated rings. The van der Waals surface area contributed by atoms with Crippen LogP contribution in [0.5, 0.6) is 0 Å². The Morgan fingerprint density at radius 2 is 2.24 bits per heavy atom. The van der Waals surface area contributed by atoms with E-state index in [0.717, 1.165) is 38.1 Å². The molecular formula is C19H26N2O4. The molecule has 0 unspecified atom stereocenters. The Morgan fingerprint density at radius 1 is 1.36 bits per heavy atom. The van der Waals surface area contributed by atoms with Gasteiger partial charge in [0.05, 0.1) is 26.4 Å². The van der Waals surface area contributed by atoms with E-state index in [2.05, 4.69) is 9.88 Å². The van der Waals surface area contributed by atoms with Crippen LogP contribution < -0.4 is 0 Å². The topological polar surface area (TPSA) is 60.9 Å². The van der Waals surface area contributed by atoms with Gasteiger partial charge in [0.25, 0.3) is 0 Å². The minimum atomic E-state index is -0.0525. The summed E-state index contributed by atoms with van der Waals surface area (Å²) in [6, 6.07) is 3.94.